The Bertz CT molecular complexity index is 890. The summed E-state index contributed by atoms with van der Waals surface area (Å²) in [5, 5.41) is 0.479. The number of ether oxygens (including phenoxy) is 1. The van der Waals surface area contributed by atoms with Crippen LogP contribution in [0.25, 0.3) is 10.9 Å². The summed E-state index contributed by atoms with van der Waals surface area (Å²) in [5.41, 5.74) is 0.382. The zero-order valence-electron chi connectivity index (χ0n) is 14.5. The first-order valence-electron chi connectivity index (χ1n) is 8.58. The highest BCUT2D eigenvalue weighted by molar-refractivity contribution is 9.10. The van der Waals surface area contributed by atoms with E-state index in [-0.39, 0.29) is 24.4 Å². The molecule has 1 aromatic heterocycles. The van der Waals surface area contributed by atoms with Crippen molar-refractivity contribution in [3.8, 4) is 0 Å². The predicted octanol–water partition coefficient (Wildman–Crippen LogP) is 2.10. The largest absolute Gasteiger partial charge is 0.452 e. The molecule has 0 saturated carbocycles. The van der Waals surface area contributed by atoms with E-state index in [1.807, 2.05) is 6.07 Å². The first-order chi connectivity index (χ1) is 12.5. The van der Waals surface area contributed by atoms with Gasteiger partial charge in [-0.1, -0.05) is 15.9 Å². The monoisotopic (exact) mass is 421 g/mol. The van der Waals surface area contributed by atoms with Crippen molar-refractivity contribution in [2.75, 3.05) is 13.1 Å². The summed E-state index contributed by atoms with van der Waals surface area (Å²) in [6.45, 7) is 3.17. The van der Waals surface area contributed by atoms with Crippen molar-refractivity contribution in [2.24, 2.45) is 0 Å². The Morgan fingerprint density at radius 1 is 1.31 bits per heavy atom. The fourth-order valence-corrected chi connectivity index (χ4v) is 3.36. The van der Waals surface area contributed by atoms with Crippen molar-refractivity contribution in [1.82, 2.24) is 14.5 Å². The first kappa shape index (κ1) is 18.6. The third-order valence-electron chi connectivity index (χ3n) is 4.42. The van der Waals surface area contributed by atoms with Gasteiger partial charge in [0.1, 0.15) is 0 Å². The SMILES string of the molecule is CC(OC(=O)CCn1cnc2ccc(Br)cc2c1=O)C(=O)N1CCCC1. The normalized spacial score (nSPS) is 15.2. The average molecular weight is 422 g/mol. The number of carbonyl (C=O) groups excluding carboxylic acids is 2. The van der Waals surface area contributed by atoms with Crippen LogP contribution in [0.3, 0.4) is 0 Å². The second kappa shape index (κ2) is 7.99. The lowest BCUT2D eigenvalue weighted by molar-refractivity contribution is -0.158. The maximum atomic E-state index is 12.5. The van der Waals surface area contributed by atoms with Crippen LogP contribution in [0.2, 0.25) is 0 Å². The number of fused-ring (bicyclic) bond motifs is 1. The van der Waals surface area contributed by atoms with Gasteiger partial charge in [-0.2, -0.15) is 0 Å². The van der Waals surface area contributed by atoms with Crippen LogP contribution >= 0.6 is 15.9 Å². The maximum Gasteiger partial charge on any atom is 0.308 e. The number of halogens is 1. The van der Waals surface area contributed by atoms with Crippen LogP contribution in [0.15, 0.2) is 33.8 Å². The molecular formula is C18H20BrN3O4. The average Bonchev–Trinajstić information content (AvgIpc) is 3.15. The molecule has 2 aromatic rings. The number of carbonyl (C=O) groups is 2. The molecule has 2 heterocycles. The summed E-state index contributed by atoms with van der Waals surface area (Å²) in [6.07, 6.45) is 2.59. The second-order valence-corrected chi connectivity index (χ2v) is 7.23. The minimum absolute atomic E-state index is 0.00127. The van der Waals surface area contributed by atoms with Gasteiger partial charge < -0.3 is 9.64 Å². The number of rotatable bonds is 5. The third kappa shape index (κ3) is 4.12. The molecule has 0 spiro atoms. The Balaban J connectivity index is 1.60. The van der Waals surface area contributed by atoms with Crippen molar-refractivity contribution in [2.45, 2.75) is 38.8 Å². The number of likely N-dealkylation sites (tertiary alicyclic amines) is 1. The number of benzene rings is 1. The lowest BCUT2D eigenvalue weighted by atomic mass is 10.2. The van der Waals surface area contributed by atoms with Gasteiger partial charge in [0, 0.05) is 24.1 Å². The molecule has 1 aromatic carbocycles. The van der Waals surface area contributed by atoms with Crippen molar-refractivity contribution in [3.63, 3.8) is 0 Å². The summed E-state index contributed by atoms with van der Waals surface area (Å²) < 4.78 is 7.38. The van der Waals surface area contributed by atoms with E-state index in [0.29, 0.717) is 24.0 Å². The summed E-state index contributed by atoms with van der Waals surface area (Å²) in [6, 6.07) is 5.27. The van der Waals surface area contributed by atoms with Crippen molar-refractivity contribution in [1.29, 1.82) is 0 Å². The molecule has 8 heteroatoms. The zero-order chi connectivity index (χ0) is 18.7. The van der Waals surface area contributed by atoms with E-state index >= 15 is 0 Å². The summed E-state index contributed by atoms with van der Waals surface area (Å²) >= 11 is 3.34. The highest BCUT2D eigenvalue weighted by Crippen LogP contribution is 2.15. The van der Waals surface area contributed by atoms with Gasteiger partial charge in [-0.3, -0.25) is 19.0 Å². The summed E-state index contributed by atoms with van der Waals surface area (Å²) in [5.74, 6) is -0.670. The Morgan fingerprint density at radius 2 is 2.04 bits per heavy atom. The lowest BCUT2D eigenvalue weighted by Crippen LogP contribution is -2.38. The van der Waals surface area contributed by atoms with Crippen LogP contribution in [0.5, 0.6) is 0 Å². The van der Waals surface area contributed by atoms with Gasteiger partial charge in [0.25, 0.3) is 11.5 Å². The minimum atomic E-state index is -0.803. The van der Waals surface area contributed by atoms with Gasteiger partial charge in [0.05, 0.1) is 23.7 Å². The Labute approximate surface area is 159 Å². The highest BCUT2D eigenvalue weighted by Gasteiger charge is 2.25. The van der Waals surface area contributed by atoms with Gasteiger partial charge in [-0.15, -0.1) is 0 Å². The molecule has 1 saturated heterocycles. The minimum Gasteiger partial charge on any atom is -0.452 e. The van der Waals surface area contributed by atoms with Gasteiger partial charge in [0.15, 0.2) is 6.10 Å². The molecule has 1 unspecified atom stereocenters. The van der Waals surface area contributed by atoms with Crippen LogP contribution in [-0.4, -0.2) is 45.5 Å². The molecule has 1 aliphatic heterocycles. The molecule has 7 nitrogen and oxygen atoms in total. The molecular weight excluding hydrogens is 402 g/mol. The van der Waals surface area contributed by atoms with Crippen molar-refractivity contribution < 1.29 is 14.3 Å². The molecule has 1 aliphatic rings. The quantitative estimate of drug-likeness (QED) is 0.690. The predicted molar refractivity (Wildman–Crippen MR) is 99.7 cm³/mol. The molecule has 0 radical (unpaired) electrons. The van der Waals surface area contributed by atoms with E-state index < -0.39 is 12.1 Å². The van der Waals surface area contributed by atoms with Crippen LogP contribution in [0.4, 0.5) is 0 Å². The standard InChI is InChI=1S/C18H20BrN3O4/c1-12(17(24)21-7-2-3-8-21)26-16(23)6-9-22-11-20-15-5-4-13(19)10-14(15)18(22)25/h4-5,10-12H,2-3,6-9H2,1H3. The van der Waals surface area contributed by atoms with Crippen molar-refractivity contribution in [3.05, 3.63) is 39.4 Å². The molecule has 0 aliphatic carbocycles. The van der Waals surface area contributed by atoms with Crippen LogP contribution < -0.4 is 5.56 Å². The summed E-state index contributed by atoms with van der Waals surface area (Å²) in [4.78, 5) is 42.6. The Morgan fingerprint density at radius 3 is 2.77 bits per heavy atom. The number of aryl methyl sites for hydroxylation is 1. The van der Waals surface area contributed by atoms with E-state index in [9.17, 15) is 14.4 Å². The van der Waals surface area contributed by atoms with Gasteiger partial charge in [-0.25, -0.2) is 4.98 Å². The molecule has 1 atom stereocenters. The van der Waals surface area contributed by atoms with E-state index in [4.69, 9.17) is 4.74 Å². The number of aromatic nitrogens is 2. The van der Waals surface area contributed by atoms with Crippen LogP contribution in [0, 0.1) is 0 Å². The molecule has 138 valence electrons. The highest BCUT2D eigenvalue weighted by atomic mass is 79.9. The number of hydrogen-bond acceptors (Lipinski definition) is 5. The molecule has 0 N–H and O–H groups in total. The number of amides is 1. The van der Waals surface area contributed by atoms with Gasteiger partial charge >= 0.3 is 5.97 Å². The van der Waals surface area contributed by atoms with E-state index in [1.165, 1.54) is 10.9 Å². The number of hydrogen-bond donors (Lipinski definition) is 0. The Kier molecular flexibility index (Phi) is 5.70. The van der Waals surface area contributed by atoms with E-state index in [0.717, 1.165) is 17.3 Å². The van der Waals surface area contributed by atoms with Crippen molar-refractivity contribution >= 4 is 38.7 Å². The van der Waals surface area contributed by atoms with E-state index in [2.05, 4.69) is 20.9 Å². The fraction of sp³-hybridized carbons (Fsp3) is 0.444. The number of nitrogens with zero attached hydrogens (tertiary/aromatic N) is 3. The fourth-order valence-electron chi connectivity index (χ4n) is 3.00. The molecule has 0 bridgehead atoms. The smallest absolute Gasteiger partial charge is 0.308 e. The van der Waals surface area contributed by atoms with Gasteiger partial charge in [0.2, 0.25) is 0 Å². The number of esters is 1. The van der Waals surface area contributed by atoms with Crippen LogP contribution in [-0.2, 0) is 20.9 Å². The topological polar surface area (TPSA) is 81.5 Å². The zero-order valence-corrected chi connectivity index (χ0v) is 16.1. The molecule has 3 rings (SSSR count). The first-order valence-corrected chi connectivity index (χ1v) is 9.38. The molecule has 26 heavy (non-hydrogen) atoms. The maximum absolute atomic E-state index is 12.5. The lowest BCUT2D eigenvalue weighted by Gasteiger charge is -2.20. The second-order valence-electron chi connectivity index (χ2n) is 6.32. The third-order valence-corrected chi connectivity index (χ3v) is 4.91. The molecule has 1 fully saturated rings. The Hall–Kier alpha value is -2.22. The van der Waals surface area contributed by atoms with E-state index in [1.54, 1.807) is 24.0 Å². The molecule has 1 amide bonds. The van der Waals surface area contributed by atoms with Crippen LogP contribution in [0.1, 0.15) is 26.2 Å². The summed E-state index contributed by atoms with van der Waals surface area (Å²) in [7, 11) is 0. The van der Waals surface area contributed by atoms with Gasteiger partial charge in [-0.05, 0) is 38.0 Å².